The molecule has 12 heavy (non-hydrogen) atoms. The van der Waals surface area contributed by atoms with Crippen LogP contribution in [0.2, 0.25) is 0 Å². The maximum absolute atomic E-state index is 11.0. The van der Waals surface area contributed by atoms with Crippen molar-refractivity contribution in [3.05, 3.63) is 17.0 Å². The lowest BCUT2D eigenvalue weighted by atomic mass is 10.1. The molecule has 0 fully saturated rings. The minimum Gasteiger partial charge on any atom is -0.360 e. The van der Waals surface area contributed by atoms with Gasteiger partial charge in [-0.3, -0.25) is 9.59 Å². The molecule has 1 aliphatic rings. The largest absolute Gasteiger partial charge is 0.360 e. The third kappa shape index (κ3) is 0.714. The Kier molecular flexibility index (Phi) is 1.18. The van der Waals surface area contributed by atoms with Crippen molar-refractivity contribution in [2.45, 2.75) is 6.92 Å². The van der Waals surface area contributed by atoms with Crippen LogP contribution in [0, 0.1) is 6.92 Å². The number of fused-ring (bicyclic) bond motifs is 1. The Balaban J connectivity index is 2.72. The molecule has 0 atom stereocenters. The zero-order chi connectivity index (χ0) is 8.72. The number of carbonyl (C=O) groups is 2. The van der Waals surface area contributed by atoms with Crippen molar-refractivity contribution in [2.75, 3.05) is 0 Å². The van der Waals surface area contributed by atoms with E-state index in [9.17, 15) is 9.59 Å². The Bertz CT molecular complexity index is 404. The van der Waals surface area contributed by atoms with Gasteiger partial charge in [0, 0.05) is 0 Å². The van der Waals surface area contributed by atoms with Crippen molar-refractivity contribution in [3.63, 3.8) is 0 Å². The second kappa shape index (κ2) is 2.07. The average Bonchev–Trinajstić information content (AvgIpc) is 2.42. The van der Waals surface area contributed by atoms with Crippen LogP contribution in [0.3, 0.4) is 0 Å². The summed E-state index contributed by atoms with van der Waals surface area (Å²) in [4.78, 5) is 21.9. The second-order valence-electron chi connectivity index (χ2n) is 2.27. The van der Waals surface area contributed by atoms with E-state index in [1.54, 1.807) is 0 Å². The molecule has 6 heteroatoms. The van der Waals surface area contributed by atoms with Crippen molar-refractivity contribution in [2.24, 2.45) is 10.2 Å². The molecule has 0 unspecified atom stereocenters. The average molecular weight is 165 g/mol. The normalized spacial score (nSPS) is 15.1. The Morgan fingerprint density at radius 1 is 1.17 bits per heavy atom. The van der Waals surface area contributed by atoms with Gasteiger partial charge in [-0.25, -0.2) is 0 Å². The van der Waals surface area contributed by atoms with Crippen LogP contribution >= 0.6 is 0 Å². The van der Waals surface area contributed by atoms with Crippen molar-refractivity contribution >= 4 is 11.8 Å². The third-order valence-electron chi connectivity index (χ3n) is 1.51. The lowest BCUT2D eigenvalue weighted by Gasteiger charge is -1.96. The fourth-order valence-electron chi connectivity index (χ4n) is 0.958. The van der Waals surface area contributed by atoms with E-state index in [4.69, 9.17) is 0 Å². The van der Waals surface area contributed by atoms with Crippen LogP contribution in [-0.2, 0) is 0 Å². The van der Waals surface area contributed by atoms with Gasteiger partial charge in [-0.1, -0.05) is 5.16 Å². The van der Waals surface area contributed by atoms with Crippen LogP contribution in [0.4, 0.5) is 0 Å². The van der Waals surface area contributed by atoms with Gasteiger partial charge in [0.2, 0.25) is 0 Å². The van der Waals surface area contributed by atoms with E-state index in [-0.39, 0.29) is 11.3 Å². The minimum atomic E-state index is -0.638. The monoisotopic (exact) mass is 165 g/mol. The first kappa shape index (κ1) is 6.84. The lowest BCUT2D eigenvalue weighted by Crippen LogP contribution is -2.10. The second-order valence-corrected chi connectivity index (χ2v) is 2.27. The molecule has 0 saturated carbocycles. The summed E-state index contributed by atoms with van der Waals surface area (Å²) in [6.45, 7) is 1.54. The molecule has 0 radical (unpaired) electrons. The standard InChI is InChI=1S/C6H3N3O3/c1-2-3-4(9-12-2)6(11)8-7-5(3)10/h1H3. The van der Waals surface area contributed by atoms with Gasteiger partial charge < -0.3 is 4.52 Å². The van der Waals surface area contributed by atoms with Crippen LogP contribution in [0.1, 0.15) is 26.6 Å². The van der Waals surface area contributed by atoms with E-state index in [2.05, 4.69) is 19.9 Å². The zero-order valence-corrected chi connectivity index (χ0v) is 6.07. The summed E-state index contributed by atoms with van der Waals surface area (Å²) < 4.78 is 4.65. The Labute approximate surface area is 66.3 Å². The van der Waals surface area contributed by atoms with Crippen LogP contribution in [0.15, 0.2) is 14.8 Å². The molecule has 2 rings (SSSR count). The predicted molar refractivity (Wildman–Crippen MR) is 34.8 cm³/mol. The summed E-state index contributed by atoms with van der Waals surface area (Å²) in [5.74, 6) is -0.924. The zero-order valence-electron chi connectivity index (χ0n) is 6.07. The Morgan fingerprint density at radius 3 is 2.50 bits per heavy atom. The molecule has 60 valence electrons. The molecule has 0 aliphatic carbocycles. The van der Waals surface area contributed by atoms with Crippen LogP contribution in [-0.4, -0.2) is 17.0 Å². The topological polar surface area (TPSA) is 84.9 Å². The molecule has 0 aromatic carbocycles. The van der Waals surface area contributed by atoms with Crippen LogP contribution in [0.5, 0.6) is 0 Å². The van der Waals surface area contributed by atoms with E-state index >= 15 is 0 Å². The van der Waals surface area contributed by atoms with Crippen molar-refractivity contribution < 1.29 is 14.1 Å². The molecule has 2 amide bonds. The highest BCUT2D eigenvalue weighted by atomic mass is 16.5. The first-order valence-corrected chi connectivity index (χ1v) is 3.17. The Morgan fingerprint density at radius 2 is 1.83 bits per heavy atom. The van der Waals surface area contributed by atoms with Gasteiger partial charge in [0.05, 0.1) is 0 Å². The first-order chi connectivity index (χ1) is 5.70. The molecule has 0 bridgehead atoms. The molecule has 0 N–H and O–H groups in total. The van der Waals surface area contributed by atoms with E-state index in [1.165, 1.54) is 6.92 Å². The number of nitrogens with zero attached hydrogens (tertiary/aromatic N) is 3. The number of aryl methyl sites for hydroxylation is 1. The summed E-state index contributed by atoms with van der Waals surface area (Å²) in [5, 5.41) is 9.59. The SMILES string of the molecule is Cc1onc2c1C(=O)N=NC2=O. The smallest absolute Gasteiger partial charge is 0.318 e. The third-order valence-corrected chi connectivity index (χ3v) is 1.51. The van der Waals surface area contributed by atoms with Crippen molar-refractivity contribution in [1.29, 1.82) is 0 Å². The molecule has 1 aromatic rings. The quantitative estimate of drug-likeness (QED) is 0.567. The molecule has 1 aromatic heterocycles. The fraction of sp³-hybridized carbons (Fsp3) is 0.167. The Hall–Kier alpha value is -1.85. The van der Waals surface area contributed by atoms with Gasteiger partial charge in [-0.15, -0.1) is 10.2 Å². The molecule has 1 aliphatic heterocycles. The van der Waals surface area contributed by atoms with Gasteiger partial charge >= 0.3 is 11.8 Å². The van der Waals surface area contributed by atoms with Crippen molar-refractivity contribution in [3.8, 4) is 0 Å². The number of azo groups is 1. The number of hydrogen-bond donors (Lipinski definition) is 0. The summed E-state index contributed by atoms with van der Waals surface area (Å²) in [6, 6.07) is 0. The van der Waals surface area contributed by atoms with Crippen LogP contribution < -0.4 is 0 Å². The van der Waals surface area contributed by atoms with Gasteiger partial charge in [-0.2, -0.15) is 0 Å². The molecular formula is C6H3N3O3. The van der Waals surface area contributed by atoms with Crippen LogP contribution in [0.25, 0.3) is 0 Å². The van der Waals surface area contributed by atoms with Gasteiger partial charge in [-0.05, 0) is 6.92 Å². The lowest BCUT2D eigenvalue weighted by molar-refractivity contribution is 0.0917. The molecule has 0 saturated heterocycles. The fourth-order valence-corrected chi connectivity index (χ4v) is 0.958. The molecular weight excluding hydrogens is 162 g/mol. The molecule has 6 nitrogen and oxygen atoms in total. The van der Waals surface area contributed by atoms with E-state index < -0.39 is 11.8 Å². The minimum absolute atomic E-state index is 0.0486. The summed E-state index contributed by atoms with van der Waals surface area (Å²) in [6.07, 6.45) is 0. The predicted octanol–water partition coefficient (Wildman–Crippen LogP) is 0.729. The number of aromatic nitrogens is 1. The van der Waals surface area contributed by atoms with Crippen molar-refractivity contribution in [1.82, 2.24) is 5.16 Å². The maximum Gasteiger partial charge on any atom is 0.318 e. The number of amides is 2. The van der Waals surface area contributed by atoms with E-state index in [1.807, 2.05) is 0 Å². The number of rotatable bonds is 0. The highest BCUT2D eigenvalue weighted by Gasteiger charge is 2.28. The van der Waals surface area contributed by atoms with E-state index in [0.29, 0.717) is 5.76 Å². The molecule has 0 spiro atoms. The maximum atomic E-state index is 11.0. The van der Waals surface area contributed by atoms with E-state index in [0.717, 1.165) is 0 Å². The first-order valence-electron chi connectivity index (χ1n) is 3.17. The van der Waals surface area contributed by atoms with Gasteiger partial charge in [0.25, 0.3) is 0 Å². The summed E-state index contributed by atoms with van der Waals surface area (Å²) in [5.41, 5.74) is 0.0718. The van der Waals surface area contributed by atoms with Gasteiger partial charge in [0.15, 0.2) is 5.69 Å². The van der Waals surface area contributed by atoms with Gasteiger partial charge in [0.1, 0.15) is 11.3 Å². The summed E-state index contributed by atoms with van der Waals surface area (Å²) >= 11 is 0. The highest BCUT2D eigenvalue weighted by molar-refractivity contribution is 6.10. The number of carbonyl (C=O) groups excluding carboxylic acids is 2. The number of hydrogen-bond acceptors (Lipinski definition) is 4. The highest BCUT2D eigenvalue weighted by Crippen LogP contribution is 2.19. The summed E-state index contributed by atoms with van der Waals surface area (Å²) in [7, 11) is 0. The molecule has 2 heterocycles.